The van der Waals surface area contributed by atoms with E-state index in [1.165, 1.54) is 22.3 Å². The molecule has 5 rings (SSSR count). The normalized spacial score (nSPS) is 25.3. The van der Waals surface area contributed by atoms with E-state index in [0.717, 1.165) is 0 Å². The van der Waals surface area contributed by atoms with Crippen LogP contribution < -0.4 is 5.32 Å². The number of likely N-dealkylation sites (tertiary alicyclic amines) is 1. The van der Waals surface area contributed by atoms with Crippen LogP contribution in [-0.4, -0.2) is 53.7 Å². The van der Waals surface area contributed by atoms with E-state index in [1.54, 1.807) is 4.90 Å². The van der Waals surface area contributed by atoms with Gasteiger partial charge in [-0.05, 0) is 54.4 Å². The van der Waals surface area contributed by atoms with Gasteiger partial charge in [-0.1, -0.05) is 48.5 Å². The second kappa shape index (κ2) is 9.12. The van der Waals surface area contributed by atoms with Crippen LogP contribution in [0.1, 0.15) is 43.2 Å². The van der Waals surface area contributed by atoms with E-state index in [4.69, 9.17) is 4.74 Å². The molecule has 7 nitrogen and oxygen atoms in total. The van der Waals surface area contributed by atoms with Gasteiger partial charge < -0.3 is 20.1 Å². The monoisotopic (exact) mass is 462 g/mol. The maximum absolute atomic E-state index is 12.9. The van der Waals surface area contributed by atoms with Crippen LogP contribution in [0, 0.1) is 17.8 Å². The molecule has 2 amide bonds. The SMILES string of the molecule is CC1CCC(C(=O)O)CN1C(=O)C1CC1CNC(=O)OCC1c2ccccc2-c2ccccc21. The van der Waals surface area contributed by atoms with Crippen molar-refractivity contribution in [3.63, 3.8) is 0 Å². The first kappa shape index (κ1) is 22.4. The number of hydrogen-bond acceptors (Lipinski definition) is 4. The Labute approximate surface area is 199 Å². The number of benzene rings is 2. The van der Waals surface area contributed by atoms with Crippen LogP contribution in [0.3, 0.4) is 0 Å². The van der Waals surface area contributed by atoms with E-state index in [9.17, 15) is 19.5 Å². The third-order valence-electron chi connectivity index (χ3n) is 7.61. The summed E-state index contributed by atoms with van der Waals surface area (Å²) in [5, 5.41) is 12.1. The van der Waals surface area contributed by atoms with Crippen molar-refractivity contribution >= 4 is 18.0 Å². The number of ether oxygens (including phenoxy) is 1. The summed E-state index contributed by atoms with van der Waals surface area (Å²) in [5.74, 6) is -1.38. The Morgan fingerprint density at radius 2 is 1.68 bits per heavy atom. The van der Waals surface area contributed by atoms with E-state index in [2.05, 4.69) is 29.6 Å². The van der Waals surface area contributed by atoms with E-state index in [0.29, 0.717) is 25.8 Å². The average Bonchev–Trinajstić information content (AvgIpc) is 3.56. The Morgan fingerprint density at radius 3 is 2.32 bits per heavy atom. The Morgan fingerprint density at radius 1 is 1.03 bits per heavy atom. The molecule has 1 aliphatic heterocycles. The van der Waals surface area contributed by atoms with Crippen molar-refractivity contribution in [3.8, 4) is 11.1 Å². The second-order valence-electron chi connectivity index (χ2n) is 9.76. The molecule has 1 saturated heterocycles. The third-order valence-corrected chi connectivity index (χ3v) is 7.61. The van der Waals surface area contributed by atoms with Gasteiger partial charge in [0.15, 0.2) is 0 Å². The summed E-state index contributed by atoms with van der Waals surface area (Å²) >= 11 is 0. The summed E-state index contributed by atoms with van der Waals surface area (Å²) < 4.78 is 5.58. The molecule has 4 unspecified atom stereocenters. The number of amides is 2. The van der Waals surface area contributed by atoms with Crippen molar-refractivity contribution in [1.29, 1.82) is 0 Å². The van der Waals surface area contributed by atoms with Crippen molar-refractivity contribution in [2.24, 2.45) is 17.8 Å². The Kier molecular flexibility index (Phi) is 6.02. The molecule has 0 radical (unpaired) electrons. The standard InChI is InChI=1S/C27H30N2O5/c1-16-10-11-17(26(31)32)14-29(16)25(30)23-12-18(23)13-28-27(33)34-15-24-21-8-4-2-6-19(21)20-7-3-5-9-22(20)24/h2-9,16-18,23-24H,10-15H2,1H3,(H,28,33)(H,31,32). The minimum absolute atomic E-state index is 0.0103. The van der Waals surface area contributed by atoms with Crippen molar-refractivity contribution in [2.45, 2.75) is 38.1 Å². The second-order valence-corrected chi connectivity index (χ2v) is 9.76. The first-order valence-electron chi connectivity index (χ1n) is 12.1. The summed E-state index contributed by atoms with van der Waals surface area (Å²) in [5.41, 5.74) is 4.70. The zero-order valence-corrected chi connectivity index (χ0v) is 19.3. The van der Waals surface area contributed by atoms with Gasteiger partial charge in [-0.3, -0.25) is 9.59 Å². The van der Waals surface area contributed by atoms with Gasteiger partial charge in [0.2, 0.25) is 5.91 Å². The quantitative estimate of drug-likeness (QED) is 0.679. The Bertz CT molecular complexity index is 1070. The number of aliphatic carboxylic acids is 1. The van der Waals surface area contributed by atoms with Crippen LogP contribution in [-0.2, 0) is 14.3 Å². The number of piperidine rings is 1. The number of carboxylic acid groups (broad SMARTS) is 1. The lowest BCUT2D eigenvalue weighted by Gasteiger charge is -2.36. The van der Waals surface area contributed by atoms with Crippen molar-refractivity contribution in [3.05, 3.63) is 59.7 Å². The van der Waals surface area contributed by atoms with Crippen LogP contribution in [0.15, 0.2) is 48.5 Å². The summed E-state index contributed by atoms with van der Waals surface area (Å²) in [6.45, 7) is 2.90. The predicted octanol–water partition coefficient (Wildman–Crippen LogP) is 3.87. The number of hydrogen-bond donors (Lipinski definition) is 2. The lowest BCUT2D eigenvalue weighted by Crippen LogP contribution is -2.48. The lowest BCUT2D eigenvalue weighted by molar-refractivity contribution is -0.147. The van der Waals surface area contributed by atoms with E-state index < -0.39 is 18.0 Å². The van der Waals surface area contributed by atoms with Gasteiger partial charge in [-0.15, -0.1) is 0 Å². The summed E-state index contributed by atoms with van der Waals surface area (Å²) in [6.07, 6.45) is 1.55. The van der Waals surface area contributed by atoms with Gasteiger partial charge in [0, 0.05) is 31.0 Å². The number of alkyl carbamates (subject to hydrolysis) is 1. The minimum Gasteiger partial charge on any atom is -0.481 e. The summed E-state index contributed by atoms with van der Waals surface area (Å²) in [4.78, 5) is 38.4. The highest BCUT2D eigenvalue weighted by atomic mass is 16.5. The lowest BCUT2D eigenvalue weighted by atomic mass is 9.93. The van der Waals surface area contributed by atoms with Crippen molar-refractivity contribution in [2.75, 3.05) is 19.7 Å². The first-order valence-corrected chi connectivity index (χ1v) is 12.1. The number of nitrogens with one attached hydrogen (secondary N) is 1. The number of carbonyl (C=O) groups excluding carboxylic acids is 2. The molecule has 2 aromatic rings. The van der Waals surface area contributed by atoms with Gasteiger partial charge in [0.1, 0.15) is 6.61 Å². The largest absolute Gasteiger partial charge is 0.481 e. The summed E-state index contributed by atoms with van der Waals surface area (Å²) in [7, 11) is 0. The average molecular weight is 463 g/mol. The van der Waals surface area contributed by atoms with Gasteiger partial charge in [-0.25, -0.2) is 4.79 Å². The molecule has 34 heavy (non-hydrogen) atoms. The molecule has 3 aliphatic rings. The molecule has 1 heterocycles. The Hall–Kier alpha value is -3.35. The van der Waals surface area contributed by atoms with Gasteiger partial charge in [-0.2, -0.15) is 0 Å². The maximum Gasteiger partial charge on any atom is 0.407 e. The molecule has 7 heteroatoms. The highest BCUT2D eigenvalue weighted by molar-refractivity contribution is 5.83. The van der Waals surface area contributed by atoms with Crippen LogP contribution >= 0.6 is 0 Å². The molecular formula is C27H30N2O5. The molecule has 0 aromatic heterocycles. The van der Waals surface area contributed by atoms with Crippen molar-refractivity contribution in [1.82, 2.24) is 10.2 Å². The van der Waals surface area contributed by atoms with Gasteiger partial charge in [0.05, 0.1) is 5.92 Å². The summed E-state index contributed by atoms with van der Waals surface area (Å²) in [6, 6.07) is 16.5. The van der Waals surface area contributed by atoms with Gasteiger partial charge in [0.25, 0.3) is 0 Å². The van der Waals surface area contributed by atoms with E-state index in [1.807, 2.05) is 31.2 Å². The number of carbonyl (C=O) groups is 3. The fourth-order valence-electron chi connectivity index (χ4n) is 5.47. The topological polar surface area (TPSA) is 95.9 Å². The highest BCUT2D eigenvalue weighted by Crippen LogP contribution is 2.44. The maximum atomic E-state index is 12.9. The zero-order chi connectivity index (χ0) is 23.8. The zero-order valence-electron chi connectivity index (χ0n) is 19.3. The molecule has 0 bridgehead atoms. The molecule has 178 valence electrons. The number of fused-ring (bicyclic) bond motifs is 3. The molecule has 2 aromatic carbocycles. The van der Waals surface area contributed by atoms with Crippen LogP contribution in [0.2, 0.25) is 0 Å². The predicted molar refractivity (Wildman–Crippen MR) is 126 cm³/mol. The first-order chi connectivity index (χ1) is 16.4. The highest BCUT2D eigenvalue weighted by Gasteiger charge is 2.47. The smallest absolute Gasteiger partial charge is 0.407 e. The number of nitrogens with zero attached hydrogens (tertiary/aromatic N) is 1. The van der Waals surface area contributed by atoms with Crippen LogP contribution in [0.25, 0.3) is 11.1 Å². The van der Waals surface area contributed by atoms with Crippen LogP contribution in [0.4, 0.5) is 4.79 Å². The molecule has 2 N–H and O–H groups in total. The molecule has 0 spiro atoms. The van der Waals surface area contributed by atoms with Crippen LogP contribution in [0.5, 0.6) is 0 Å². The fourth-order valence-corrected chi connectivity index (χ4v) is 5.47. The van der Waals surface area contributed by atoms with E-state index >= 15 is 0 Å². The fraction of sp³-hybridized carbons (Fsp3) is 0.444. The van der Waals surface area contributed by atoms with E-state index in [-0.39, 0.29) is 42.9 Å². The number of rotatable bonds is 6. The molecular weight excluding hydrogens is 432 g/mol. The third kappa shape index (κ3) is 4.27. The number of carboxylic acids is 1. The molecule has 2 fully saturated rings. The molecule has 4 atom stereocenters. The minimum atomic E-state index is -0.839. The Balaban J connectivity index is 1.11. The van der Waals surface area contributed by atoms with Gasteiger partial charge >= 0.3 is 12.1 Å². The molecule has 1 saturated carbocycles. The van der Waals surface area contributed by atoms with Crippen molar-refractivity contribution < 1.29 is 24.2 Å². The molecule has 2 aliphatic carbocycles.